The van der Waals surface area contributed by atoms with E-state index in [9.17, 15) is 4.79 Å². The zero-order chi connectivity index (χ0) is 11.5. The van der Waals surface area contributed by atoms with Crippen LogP contribution in [0.15, 0.2) is 12.4 Å². The van der Waals surface area contributed by atoms with Gasteiger partial charge in [0.25, 0.3) is 5.91 Å². The fraction of sp³-hybridized carbons (Fsp3) is 0.500. The van der Waals surface area contributed by atoms with E-state index in [1.54, 1.807) is 4.90 Å². The van der Waals surface area contributed by atoms with Crippen molar-refractivity contribution in [3.8, 4) is 0 Å². The van der Waals surface area contributed by atoms with Crippen LogP contribution in [0.5, 0.6) is 0 Å². The van der Waals surface area contributed by atoms with Crippen molar-refractivity contribution in [1.82, 2.24) is 19.8 Å². The quantitative estimate of drug-likeness (QED) is 0.718. The molecule has 0 unspecified atom stereocenters. The second-order valence-corrected chi connectivity index (χ2v) is 4.21. The van der Waals surface area contributed by atoms with E-state index < -0.39 is 0 Å². The Labute approximate surface area is 99.0 Å². The highest BCUT2D eigenvalue weighted by Crippen LogP contribution is 2.07. The Kier molecular flexibility index (Phi) is 3.36. The third-order valence-corrected chi connectivity index (χ3v) is 2.83. The van der Waals surface area contributed by atoms with Crippen LogP contribution in [0, 0.1) is 0 Å². The predicted octanol–water partition coefficient (Wildman–Crippen LogP) is 0.518. The molecule has 1 aliphatic rings. The summed E-state index contributed by atoms with van der Waals surface area (Å²) < 4.78 is 0. The van der Waals surface area contributed by atoms with Crippen LogP contribution in [-0.4, -0.2) is 58.9 Å². The first-order chi connectivity index (χ1) is 7.66. The SMILES string of the molecule is CN1CCN(C(=O)c2cnc(Cl)cn2)CC1. The van der Waals surface area contributed by atoms with Gasteiger partial charge in [-0.3, -0.25) is 4.79 Å². The van der Waals surface area contributed by atoms with Gasteiger partial charge in [0.15, 0.2) is 0 Å². The van der Waals surface area contributed by atoms with E-state index in [0.29, 0.717) is 10.8 Å². The van der Waals surface area contributed by atoms with Gasteiger partial charge in [-0.2, -0.15) is 0 Å². The highest BCUT2D eigenvalue weighted by molar-refractivity contribution is 6.29. The molecular formula is C10H13ClN4O. The molecule has 6 heteroatoms. The zero-order valence-corrected chi connectivity index (χ0v) is 9.81. The smallest absolute Gasteiger partial charge is 0.274 e. The lowest BCUT2D eigenvalue weighted by atomic mass is 10.3. The molecule has 5 nitrogen and oxygen atoms in total. The van der Waals surface area contributed by atoms with Crippen LogP contribution >= 0.6 is 11.6 Å². The van der Waals surface area contributed by atoms with Gasteiger partial charge in [-0.05, 0) is 7.05 Å². The lowest BCUT2D eigenvalue weighted by Crippen LogP contribution is -2.47. The average molecular weight is 241 g/mol. The Hall–Kier alpha value is -1.20. The van der Waals surface area contributed by atoms with Gasteiger partial charge >= 0.3 is 0 Å². The van der Waals surface area contributed by atoms with Gasteiger partial charge in [-0.1, -0.05) is 11.6 Å². The van der Waals surface area contributed by atoms with E-state index >= 15 is 0 Å². The first kappa shape index (κ1) is 11.3. The second kappa shape index (κ2) is 4.76. The number of nitrogens with zero attached hydrogens (tertiary/aromatic N) is 4. The van der Waals surface area contributed by atoms with Crippen LogP contribution in [0.4, 0.5) is 0 Å². The van der Waals surface area contributed by atoms with Crippen LogP contribution in [0.1, 0.15) is 10.5 Å². The number of hydrogen-bond acceptors (Lipinski definition) is 4. The molecule has 0 radical (unpaired) electrons. The Balaban J connectivity index is 2.05. The molecule has 2 heterocycles. The fourth-order valence-corrected chi connectivity index (χ4v) is 1.69. The van der Waals surface area contributed by atoms with Crippen LogP contribution in [0.2, 0.25) is 5.15 Å². The maximum Gasteiger partial charge on any atom is 0.274 e. The van der Waals surface area contributed by atoms with E-state index in [0.717, 1.165) is 26.2 Å². The molecule has 1 saturated heterocycles. The highest BCUT2D eigenvalue weighted by Gasteiger charge is 2.21. The molecule has 0 aliphatic carbocycles. The Morgan fingerprint density at radius 2 is 1.94 bits per heavy atom. The average Bonchev–Trinajstić information content (AvgIpc) is 2.30. The fourth-order valence-electron chi connectivity index (χ4n) is 1.59. The number of aromatic nitrogens is 2. The maximum atomic E-state index is 12.0. The number of carbonyl (C=O) groups excluding carboxylic acids is 1. The van der Waals surface area contributed by atoms with Crippen molar-refractivity contribution in [2.75, 3.05) is 33.2 Å². The van der Waals surface area contributed by atoms with Crippen molar-refractivity contribution in [1.29, 1.82) is 0 Å². The Morgan fingerprint density at radius 1 is 1.25 bits per heavy atom. The number of piperazine rings is 1. The molecule has 2 rings (SSSR count). The summed E-state index contributed by atoms with van der Waals surface area (Å²) in [5.74, 6) is -0.0720. The molecule has 0 saturated carbocycles. The first-order valence-corrected chi connectivity index (χ1v) is 5.50. The van der Waals surface area contributed by atoms with Crippen LogP contribution in [0.25, 0.3) is 0 Å². The molecule has 1 amide bonds. The number of rotatable bonds is 1. The molecule has 1 aromatic heterocycles. The first-order valence-electron chi connectivity index (χ1n) is 5.12. The lowest BCUT2D eigenvalue weighted by Gasteiger charge is -2.32. The summed E-state index contributed by atoms with van der Waals surface area (Å²) in [6.45, 7) is 3.26. The number of hydrogen-bond donors (Lipinski definition) is 0. The van der Waals surface area contributed by atoms with Gasteiger partial charge in [-0.25, -0.2) is 9.97 Å². The van der Waals surface area contributed by atoms with Crippen molar-refractivity contribution in [3.05, 3.63) is 23.2 Å². The summed E-state index contributed by atoms with van der Waals surface area (Å²) >= 11 is 5.62. The third kappa shape index (κ3) is 2.48. The molecule has 0 N–H and O–H groups in total. The summed E-state index contributed by atoms with van der Waals surface area (Å²) in [7, 11) is 2.05. The minimum absolute atomic E-state index is 0.0720. The van der Waals surface area contributed by atoms with E-state index in [1.165, 1.54) is 12.4 Å². The molecule has 0 aromatic carbocycles. The van der Waals surface area contributed by atoms with Crippen molar-refractivity contribution < 1.29 is 4.79 Å². The predicted molar refractivity (Wildman–Crippen MR) is 60.4 cm³/mol. The molecule has 1 fully saturated rings. The monoisotopic (exact) mass is 240 g/mol. The van der Waals surface area contributed by atoms with E-state index in [4.69, 9.17) is 11.6 Å². The minimum Gasteiger partial charge on any atom is -0.335 e. The number of halogens is 1. The van der Waals surface area contributed by atoms with Gasteiger partial charge in [-0.15, -0.1) is 0 Å². The molecule has 0 spiro atoms. The van der Waals surface area contributed by atoms with Crippen molar-refractivity contribution in [2.45, 2.75) is 0 Å². The van der Waals surface area contributed by atoms with Gasteiger partial charge in [0.1, 0.15) is 10.8 Å². The molecule has 0 atom stereocenters. The summed E-state index contributed by atoms with van der Waals surface area (Å²) in [5, 5.41) is 0.301. The summed E-state index contributed by atoms with van der Waals surface area (Å²) in [4.78, 5) is 23.8. The zero-order valence-electron chi connectivity index (χ0n) is 9.06. The standard InChI is InChI=1S/C10H13ClN4O/c1-14-2-4-15(5-3-14)10(16)8-6-13-9(11)7-12-8/h6-7H,2-5H2,1H3. The molecule has 1 aromatic rings. The van der Waals surface area contributed by atoms with Crippen molar-refractivity contribution in [2.24, 2.45) is 0 Å². The molecular weight excluding hydrogens is 228 g/mol. The summed E-state index contributed by atoms with van der Waals surface area (Å²) in [6, 6.07) is 0. The normalized spacial score (nSPS) is 17.5. The third-order valence-electron chi connectivity index (χ3n) is 2.63. The van der Waals surface area contributed by atoms with Gasteiger partial charge < -0.3 is 9.80 Å². The maximum absolute atomic E-state index is 12.0. The van der Waals surface area contributed by atoms with E-state index in [1.807, 2.05) is 7.05 Å². The minimum atomic E-state index is -0.0720. The second-order valence-electron chi connectivity index (χ2n) is 3.82. The van der Waals surface area contributed by atoms with Gasteiger partial charge in [0.2, 0.25) is 0 Å². The number of carbonyl (C=O) groups is 1. The largest absolute Gasteiger partial charge is 0.335 e. The van der Waals surface area contributed by atoms with Gasteiger partial charge in [0, 0.05) is 26.2 Å². The van der Waals surface area contributed by atoms with Crippen LogP contribution < -0.4 is 0 Å². The number of amides is 1. The topological polar surface area (TPSA) is 49.3 Å². The lowest BCUT2D eigenvalue weighted by molar-refractivity contribution is 0.0658. The molecule has 1 aliphatic heterocycles. The van der Waals surface area contributed by atoms with Gasteiger partial charge in [0.05, 0.1) is 12.4 Å². The van der Waals surface area contributed by atoms with E-state index in [2.05, 4.69) is 14.9 Å². The Bertz CT molecular complexity index is 373. The summed E-state index contributed by atoms with van der Waals surface area (Å²) in [5.41, 5.74) is 0.356. The summed E-state index contributed by atoms with van der Waals surface area (Å²) in [6.07, 6.45) is 2.81. The Morgan fingerprint density at radius 3 is 2.50 bits per heavy atom. The highest BCUT2D eigenvalue weighted by atomic mass is 35.5. The molecule has 86 valence electrons. The van der Waals surface area contributed by atoms with Crippen LogP contribution in [-0.2, 0) is 0 Å². The van der Waals surface area contributed by atoms with Crippen LogP contribution in [0.3, 0.4) is 0 Å². The number of likely N-dealkylation sites (N-methyl/N-ethyl adjacent to an activating group) is 1. The van der Waals surface area contributed by atoms with Crippen molar-refractivity contribution >= 4 is 17.5 Å². The van der Waals surface area contributed by atoms with Crippen molar-refractivity contribution in [3.63, 3.8) is 0 Å². The van der Waals surface area contributed by atoms with E-state index in [-0.39, 0.29) is 5.91 Å². The molecule has 16 heavy (non-hydrogen) atoms. The molecule has 0 bridgehead atoms.